The third-order valence-corrected chi connectivity index (χ3v) is 6.13. The Hall–Kier alpha value is -1.84. The number of carboxylic acid groups (broad SMARTS) is 1. The predicted molar refractivity (Wildman–Crippen MR) is 84.4 cm³/mol. The van der Waals surface area contributed by atoms with Crippen LogP contribution in [-0.2, 0) is 14.3 Å². The average Bonchev–Trinajstić information content (AvgIpc) is 3.28. The second-order valence-electron chi connectivity index (χ2n) is 5.56. The van der Waals surface area contributed by atoms with E-state index in [1.807, 2.05) is 17.5 Å². The molecule has 2 aromatic rings. The number of anilines is 1. The molecule has 2 saturated heterocycles. The molecule has 0 saturated carbocycles. The third-order valence-electron chi connectivity index (χ3n) is 4.25. The van der Waals surface area contributed by atoms with Crippen molar-refractivity contribution in [3.8, 4) is 9.88 Å². The Morgan fingerprint density at radius 2 is 2.04 bits per heavy atom. The first kappa shape index (κ1) is 14.7. The van der Waals surface area contributed by atoms with Gasteiger partial charge in [0.25, 0.3) is 0 Å². The lowest BCUT2D eigenvalue weighted by Gasteiger charge is -2.23. The number of carboxylic acids is 1. The standard InChI is InChI=1S/C14H13N3O4S2/c18-11(9-6-3-4-7(21-6)10(9)13(19)20)15-14-17-16-12(23-14)8-2-1-5-22-8/h1-2,5-7,9-10H,3-4H2,(H,19,20)(H,15,17,18). The Morgan fingerprint density at radius 1 is 1.26 bits per heavy atom. The van der Waals surface area contributed by atoms with Crippen molar-refractivity contribution in [2.75, 3.05) is 5.32 Å². The summed E-state index contributed by atoms with van der Waals surface area (Å²) >= 11 is 2.82. The van der Waals surface area contributed by atoms with Crippen molar-refractivity contribution in [2.24, 2.45) is 11.8 Å². The molecule has 0 aliphatic carbocycles. The van der Waals surface area contributed by atoms with Crippen molar-refractivity contribution in [1.29, 1.82) is 0 Å². The number of rotatable bonds is 4. The molecule has 0 radical (unpaired) electrons. The molecule has 2 aliphatic rings. The van der Waals surface area contributed by atoms with Crippen LogP contribution in [0.2, 0.25) is 0 Å². The SMILES string of the molecule is O=C(O)C1C2CCC(O2)C1C(=O)Nc1nnc(-c2cccs2)s1. The summed E-state index contributed by atoms with van der Waals surface area (Å²) in [4.78, 5) is 24.9. The summed E-state index contributed by atoms with van der Waals surface area (Å²) in [6.07, 6.45) is 0.755. The van der Waals surface area contributed by atoms with E-state index in [1.54, 1.807) is 11.3 Å². The van der Waals surface area contributed by atoms with Gasteiger partial charge in [0.1, 0.15) is 0 Å². The molecule has 0 aromatic carbocycles. The Bertz CT molecular complexity index is 745. The lowest BCUT2D eigenvalue weighted by Crippen LogP contribution is -2.40. The number of aromatic nitrogens is 2. The van der Waals surface area contributed by atoms with Gasteiger partial charge >= 0.3 is 5.97 Å². The number of carbonyl (C=O) groups excluding carboxylic acids is 1. The summed E-state index contributed by atoms with van der Waals surface area (Å²) in [6, 6.07) is 3.85. The molecule has 120 valence electrons. The summed E-state index contributed by atoms with van der Waals surface area (Å²) in [5.74, 6) is -2.77. The van der Waals surface area contributed by atoms with Crippen molar-refractivity contribution in [2.45, 2.75) is 25.0 Å². The van der Waals surface area contributed by atoms with Crippen LogP contribution in [0, 0.1) is 11.8 Å². The summed E-state index contributed by atoms with van der Waals surface area (Å²) in [6.45, 7) is 0. The number of hydrogen-bond acceptors (Lipinski definition) is 7. The highest BCUT2D eigenvalue weighted by molar-refractivity contribution is 7.23. The molecule has 7 nitrogen and oxygen atoms in total. The van der Waals surface area contributed by atoms with Crippen LogP contribution >= 0.6 is 22.7 Å². The Labute approximate surface area is 139 Å². The van der Waals surface area contributed by atoms with Crippen molar-refractivity contribution in [3.63, 3.8) is 0 Å². The van der Waals surface area contributed by atoms with Crippen LogP contribution < -0.4 is 5.32 Å². The molecule has 4 atom stereocenters. The quantitative estimate of drug-likeness (QED) is 0.874. The third kappa shape index (κ3) is 2.54. The van der Waals surface area contributed by atoms with Crippen LogP contribution in [0.5, 0.6) is 0 Å². The van der Waals surface area contributed by atoms with Gasteiger partial charge in [-0.25, -0.2) is 0 Å². The van der Waals surface area contributed by atoms with Gasteiger partial charge in [-0.3, -0.25) is 9.59 Å². The molecule has 0 spiro atoms. The summed E-state index contributed by atoms with van der Waals surface area (Å²) in [7, 11) is 0. The molecule has 1 amide bonds. The molecule has 9 heteroatoms. The van der Waals surface area contributed by atoms with E-state index in [1.165, 1.54) is 11.3 Å². The van der Waals surface area contributed by atoms with E-state index in [-0.39, 0.29) is 18.1 Å². The minimum Gasteiger partial charge on any atom is -0.481 e. The van der Waals surface area contributed by atoms with Crippen LogP contribution in [0.25, 0.3) is 9.88 Å². The van der Waals surface area contributed by atoms with Crippen LogP contribution in [0.1, 0.15) is 12.8 Å². The molecular formula is C14H13N3O4S2. The smallest absolute Gasteiger partial charge is 0.310 e. The normalized spacial score (nSPS) is 28.9. The fourth-order valence-electron chi connectivity index (χ4n) is 3.29. The largest absolute Gasteiger partial charge is 0.481 e. The summed E-state index contributed by atoms with van der Waals surface area (Å²) in [5.41, 5.74) is 0. The summed E-state index contributed by atoms with van der Waals surface area (Å²) in [5, 5.41) is 23.2. The zero-order valence-corrected chi connectivity index (χ0v) is 13.5. The van der Waals surface area contributed by atoms with Crippen LogP contribution in [0.4, 0.5) is 5.13 Å². The number of carbonyl (C=O) groups is 2. The highest BCUT2D eigenvalue weighted by Crippen LogP contribution is 2.44. The molecule has 4 heterocycles. The summed E-state index contributed by atoms with van der Waals surface area (Å²) < 4.78 is 5.61. The van der Waals surface area contributed by atoms with Gasteiger partial charge in [-0.2, -0.15) is 0 Å². The van der Waals surface area contributed by atoms with E-state index in [4.69, 9.17) is 4.74 Å². The van der Waals surface area contributed by atoms with Crippen LogP contribution in [-0.4, -0.2) is 39.4 Å². The first-order chi connectivity index (χ1) is 11.1. The molecule has 2 aliphatic heterocycles. The zero-order valence-electron chi connectivity index (χ0n) is 11.8. The fourth-order valence-corrected chi connectivity index (χ4v) is 4.83. The van der Waals surface area contributed by atoms with Gasteiger partial charge in [0, 0.05) is 0 Å². The molecule has 2 bridgehead atoms. The van der Waals surface area contributed by atoms with Crippen molar-refractivity contribution in [3.05, 3.63) is 17.5 Å². The minimum atomic E-state index is -0.978. The number of aliphatic carboxylic acids is 1. The maximum Gasteiger partial charge on any atom is 0.310 e. The van der Waals surface area contributed by atoms with E-state index in [0.29, 0.717) is 11.6 Å². The molecule has 2 aromatic heterocycles. The number of fused-ring (bicyclic) bond motifs is 2. The van der Waals surface area contributed by atoms with Gasteiger partial charge in [0.05, 0.1) is 28.9 Å². The lowest BCUT2D eigenvalue weighted by molar-refractivity contribution is -0.147. The number of thiophene rings is 1. The van der Waals surface area contributed by atoms with Crippen molar-refractivity contribution >= 4 is 39.7 Å². The van der Waals surface area contributed by atoms with Gasteiger partial charge in [-0.05, 0) is 24.3 Å². The first-order valence-corrected chi connectivity index (χ1v) is 8.89. The second kappa shape index (κ2) is 5.66. The van der Waals surface area contributed by atoms with Gasteiger partial charge < -0.3 is 15.2 Å². The van der Waals surface area contributed by atoms with Gasteiger partial charge in [-0.15, -0.1) is 21.5 Å². The highest BCUT2D eigenvalue weighted by Gasteiger charge is 2.55. The zero-order chi connectivity index (χ0) is 16.0. The average molecular weight is 351 g/mol. The topological polar surface area (TPSA) is 101 Å². The van der Waals surface area contributed by atoms with Crippen molar-refractivity contribution in [1.82, 2.24) is 10.2 Å². The number of nitrogens with zero attached hydrogens (tertiary/aromatic N) is 2. The van der Waals surface area contributed by atoms with Crippen molar-refractivity contribution < 1.29 is 19.4 Å². The van der Waals surface area contributed by atoms with E-state index in [9.17, 15) is 14.7 Å². The Balaban J connectivity index is 1.51. The second-order valence-corrected chi connectivity index (χ2v) is 7.48. The predicted octanol–water partition coefficient (Wildman–Crippen LogP) is 2.08. The lowest BCUT2D eigenvalue weighted by atomic mass is 9.79. The molecule has 4 unspecified atom stereocenters. The van der Waals surface area contributed by atoms with E-state index in [0.717, 1.165) is 16.3 Å². The minimum absolute atomic E-state index is 0.314. The Kier molecular flexibility index (Phi) is 3.63. The first-order valence-electron chi connectivity index (χ1n) is 7.20. The number of hydrogen-bond donors (Lipinski definition) is 2. The maximum atomic E-state index is 12.5. The molecular weight excluding hydrogens is 338 g/mol. The van der Waals surface area contributed by atoms with Crippen LogP contribution in [0.3, 0.4) is 0 Å². The number of amides is 1. The van der Waals surface area contributed by atoms with E-state index < -0.39 is 17.8 Å². The van der Waals surface area contributed by atoms with Gasteiger partial charge in [-0.1, -0.05) is 17.4 Å². The monoisotopic (exact) mass is 351 g/mol. The van der Waals surface area contributed by atoms with Gasteiger partial charge in [0.15, 0.2) is 5.01 Å². The van der Waals surface area contributed by atoms with E-state index >= 15 is 0 Å². The highest BCUT2D eigenvalue weighted by atomic mass is 32.1. The Morgan fingerprint density at radius 3 is 2.74 bits per heavy atom. The molecule has 4 rings (SSSR count). The number of ether oxygens (including phenoxy) is 1. The van der Waals surface area contributed by atoms with Gasteiger partial charge in [0.2, 0.25) is 11.0 Å². The number of nitrogens with one attached hydrogen (secondary N) is 1. The van der Waals surface area contributed by atoms with Crippen LogP contribution in [0.15, 0.2) is 17.5 Å². The fraction of sp³-hybridized carbons (Fsp3) is 0.429. The maximum absolute atomic E-state index is 12.5. The molecule has 2 fully saturated rings. The van der Waals surface area contributed by atoms with E-state index in [2.05, 4.69) is 15.5 Å². The molecule has 23 heavy (non-hydrogen) atoms. The molecule has 2 N–H and O–H groups in total.